The van der Waals surface area contributed by atoms with Crippen LogP contribution in [0.4, 0.5) is 0 Å². The molecule has 3 aromatic rings. The van der Waals surface area contributed by atoms with Crippen molar-refractivity contribution in [2.45, 2.75) is 18.5 Å². The lowest BCUT2D eigenvalue weighted by Crippen LogP contribution is -2.24. The van der Waals surface area contributed by atoms with Crippen molar-refractivity contribution in [3.8, 4) is 5.75 Å². The lowest BCUT2D eigenvalue weighted by atomic mass is 10.2. The van der Waals surface area contributed by atoms with Crippen molar-refractivity contribution in [3.63, 3.8) is 0 Å². The highest BCUT2D eigenvalue weighted by Crippen LogP contribution is 2.38. The molecule has 0 unspecified atom stereocenters. The first kappa shape index (κ1) is 18.0. The summed E-state index contributed by atoms with van der Waals surface area (Å²) in [7, 11) is 1.62. The number of carbonyl (C=O) groups is 1. The monoisotopic (exact) mass is 393 g/mol. The van der Waals surface area contributed by atoms with E-state index in [1.165, 1.54) is 29.4 Å². The van der Waals surface area contributed by atoms with E-state index < -0.39 is 0 Å². The Hall–Kier alpha value is -1.83. The standard InChI is InChI=1S/C17H16ClN3O2S2/c1-10-15(18)14-16(20-9-21-17(14)25-10)24-8-13(22)19-7-11-3-5-12(23-2)6-4-11/h3-6,9H,7-8H2,1-2H3,(H,19,22). The number of aryl methyl sites for hydroxylation is 1. The molecule has 0 spiro atoms. The molecule has 0 saturated carbocycles. The molecule has 1 amide bonds. The third-order valence-corrected chi connectivity index (χ3v) is 6.13. The highest BCUT2D eigenvalue weighted by molar-refractivity contribution is 8.00. The van der Waals surface area contributed by atoms with E-state index in [1.54, 1.807) is 7.11 Å². The van der Waals surface area contributed by atoms with Crippen LogP contribution in [-0.4, -0.2) is 28.7 Å². The number of thioether (sulfide) groups is 1. The molecule has 25 heavy (non-hydrogen) atoms. The van der Waals surface area contributed by atoms with Crippen molar-refractivity contribution in [1.82, 2.24) is 15.3 Å². The molecule has 2 aromatic heterocycles. The van der Waals surface area contributed by atoms with E-state index >= 15 is 0 Å². The maximum atomic E-state index is 12.1. The van der Waals surface area contributed by atoms with Crippen LogP contribution in [0.1, 0.15) is 10.4 Å². The van der Waals surface area contributed by atoms with E-state index in [-0.39, 0.29) is 11.7 Å². The van der Waals surface area contributed by atoms with Gasteiger partial charge in [0.2, 0.25) is 5.91 Å². The van der Waals surface area contributed by atoms with Gasteiger partial charge in [-0.05, 0) is 24.6 Å². The number of fused-ring (bicyclic) bond motifs is 1. The van der Waals surface area contributed by atoms with Gasteiger partial charge in [-0.25, -0.2) is 9.97 Å². The van der Waals surface area contributed by atoms with Gasteiger partial charge >= 0.3 is 0 Å². The second-order valence-corrected chi connectivity index (χ2v) is 7.79. The summed E-state index contributed by atoms with van der Waals surface area (Å²) >= 11 is 9.23. The summed E-state index contributed by atoms with van der Waals surface area (Å²) < 4.78 is 5.12. The molecule has 2 heterocycles. The Morgan fingerprint density at radius 2 is 2.08 bits per heavy atom. The second kappa shape index (κ2) is 8.03. The van der Waals surface area contributed by atoms with E-state index in [0.29, 0.717) is 11.6 Å². The van der Waals surface area contributed by atoms with E-state index in [1.807, 2.05) is 31.2 Å². The average molecular weight is 394 g/mol. The minimum atomic E-state index is -0.0596. The number of aromatic nitrogens is 2. The zero-order valence-electron chi connectivity index (χ0n) is 13.7. The van der Waals surface area contributed by atoms with Crippen LogP contribution in [0.5, 0.6) is 5.75 Å². The fourth-order valence-corrected chi connectivity index (χ4v) is 4.41. The van der Waals surface area contributed by atoms with E-state index in [2.05, 4.69) is 15.3 Å². The molecule has 1 N–H and O–H groups in total. The van der Waals surface area contributed by atoms with Crippen molar-refractivity contribution in [2.24, 2.45) is 0 Å². The van der Waals surface area contributed by atoms with Gasteiger partial charge in [-0.3, -0.25) is 4.79 Å². The molecule has 0 radical (unpaired) electrons. The van der Waals surface area contributed by atoms with Crippen LogP contribution < -0.4 is 10.1 Å². The van der Waals surface area contributed by atoms with Gasteiger partial charge in [-0.1, -0.05) is 35.5 Å². The smallest absolute Gasteiger partial charge is 0.230 e. The molecule has 1 aromatic carbocycles. The molecule has 8 heteroatoms. The summed E-state index contributed by atoms with van der Waals surface area (Å²) in [4.78, 5) is 22.5. The van der Waals surface area contributed by atoms with Gasteiger partial charge in [-0.2, -0.15) is 0 Å². The third-order valence-electron chi connectivity index (χ3n) is 3.54. The highest BCUT2D eigenvalue weighted by atomic mass is 35.5. The first-order chi connectivity index (χ1) is 12.1. The van der Waals surface area contributed by atoms with Gasteiger partial charge in [0.25, 0.3) is 0 Å². The van der Waals surface area contributed by atoms with Crippen molar-refractivity contribution in [1.29, 1.82) is 0 Å². The molecular formula is C17H16ClN3O2S2. The van der Waals surface area contributed by atoms with Gasteiger partial charge in [-0.15, -0.1) is 11.3 Å². The fraction of sp³-hybridized carbons (Fsp3) is 0.235. The van der Waals surface area contributed by atoms with E-state index in [0.717, 1.165) is 31.4 Å². The average Bonchev–Trinajstić information content (AvgIpc) is 2.93. The number of hydrogen-bond donors (Lipinski definition) is 1. The van der Waals surface area contributed by atoms with Gasteiger partial charge in [0.15, 0.2) is 0 Å². The maximum Gasteiger partial charge on any atom is 0.230 e. The predicted octanol–water partition coefficient (Wildman–Crippen LogP) is 4.07. The SMILES string of the molecule is COc1ccc(CNC(=O)CSc2ncnc3sc(C)c(Cl)c23)cc1. The molecule has 0 saturated heterocycles. The summed E-state index contributed by atoms with van der Waals surface area (Å²) in [5, 5.41) is 5.14. The normalized spacial score (nSPS) is 10.8. The van der Waals surface area contributed by atoms with Gasteiger partial charge in [0.05, 0.1) is 23.3 Å². The Morgan fingerprint density at radius 1 is 1.32 bits per heavy atom. The van der Waals surface area contributed by atoms with Gasteiger partial charge in [0, 0.05) is 11.4 Å². The summed E-state index contributed by atoms with van der Waals surface area (Å²) in [5.41, 5.74) is 1.01. The zero-order chi connectivity index (χ0) is 17.8. The number of methoxy groups -OCH3 is 1. The number of nitrogens with one attached hydrogen (secondary N) is 1. The van der Waals surface area contributed by atoms with Crippen LogP contribution in [-0.2, 0) is 11.3 Å². The van der Waals surface area contributed by atoms with Crippen LogP contribution in [0.2, 0.25) is 5.02 Å². The number of ether oxygens (including phenoxy) is 1. The van der Waals surface area contributed by atoms with Crippen LogP contribution in [0.25, 0.3) is 10.2 Å². The Bertz CT molecular complexity index is 897. The molecule has 5 nitrogen and oxygen atoms in total. The molecule has 130 valence electrons. The quantitative estimate of drug-likeness (QED) is 0.505. The summed E-state index contributed by atoms with van der Waals surface area (Å²) in [6.07, 6.45) is 1.51. The largest absolute Gasteiger partial charge is 0.497 e. The third kappa shape index (κ3) is 4.23. The van der Waals surface area contributed by atoms with Crippen molar-refractivity contribution in [2.75, 3.05) is 12.9 Å². The fourth-order valence-electron chi connectivity index (χ4n) is 2.22. The Kier molecular flexibility index (Phi) is 5.78. The minimum Gasteiger partial charge on any atom is -0.497 e. The highest BCUT2D eigenvalue weighted by Gasteiger charge is 2.15. The number of nitrogens with zero attached hydrogens (tertiary/aromatic N) is 2. The molecule has 3 rings (SSSR count). The molecule has 0 aliphatic heterocycles. The zero-order valence-corrected chi connectivity index (χ0v) is 16.1. The lowest BCUT2D eigenvalue weighted by Gasteiger charge is -2.06. The first-order valence-electron chi connectivity index (χ1n) is 7.50. The topological polar surface area (TPSA) is 64.1 Å². The lowest BCUT2D eigenvalue weighted by molar-refractivity contribution is -0.118. The molecular weight excluding hydrogens is 378 g/mol. The molecule has 0 fully saturated rings. The Balaban J connectivity index is 1.59. The summed E-state index contributed by atoms with van der Waals surface area (Å²) in [6.45, 7) is 2.42. The number of carbonyl (C=O) groups excluding carboxylic acids is 1. The summed E-state index contributed by atoms with van der Waals surface area (Å²) in [5.74, 6) is 1.00. The summed E-state index contributed by atoms with van der Waals surface area (Å²) in [6, 6.07) is 7.59. The number of hydrogen-bond acceptors (Lipinski definition) is 6. The number of benzene rings is 1. The van der Waals surface area contributed by atoms with Crippen molar-refractivity contribution >= 4 is 50.8 Å². The molecule has 0 aliphatic rings. The number of rotatable bonds is 6. The van der Waals surface area contributed by atoms with Gasteiger partial charge in [0.1, 0.15) is 21.9 Å². The van der Waals surface area contributed by atoms with Crippen molar-refractivity contribution in [3.05, 3.63) is 46.1 Å². The van der Waals surface area contributed by atoms with Gasteiger partial charge < -0.3 is 10.1 Å². The first-order valence-corrected chi connectivity index (χ1v) is 9.68. The van der Waals surface area contributed by atoms with Crippen molar-refractivity contribution < 1.29 is 9.53 Å². The molecule has 0 bridgehead atoms. The molecule has 0 atom stereocenters. The van der Waals surface area contributed by atoms with Crippen LogP contribution in [0.3, 0.4) is 0 Å². The van der Waals surface area contributed by atoms with E-state index in [9.17, 15) is 4.79 Å². The number of amides is 1. The predicted molar refractivity (Wildman–Crippen MR) is 103 cm³/mol. The number of halogens is 1. The van der Waals surface area contributed by atoms with E-state index in [4.69, 9.17) is 16.3 Å². The molecule has 0 aliphatic carbocycles. The Morgan fingerprint density at radius 3 is 2.80 bits per heavy atom. The second-order valence-electron chi connectivity index (χ2n) is 5.24. The number of thiophene rings is 1. The van der Waals surface area contributed by atoms with Crippen LogP contribution in [0, 0.1) is 6.92 Å². The minimum absolute atomic E-state index is 0.0596. The Labute approximate surface area is 158 Å². The van der Waals surface area contributed by atoms with Crippen LogP contribution in [0.15, 0.2) is 35.6 Å². The van der Waals surface area contributed by atoms with Crippen LogP contribution >= 0.6 is 34.7 Å². The maximum absolute atomic E-state index is 12.1.